The first-order valence-corrected chi connectivity index (χ1v) is 7.53. The monoisotopic (exact) mass is 298 g/mol. The zero-order valence-electron chi connectivity index (χ0n) is 11.1. The molecule has 0 aromatic heterocycles. The average molecular weight is 298 g/mol. The average Bonchev–Trinajstić information content (AvgIpc) is 2.88. The number of nitrogen functional groups attached to an aromatic ring is 1. The summed E-state index contributed by atoms with van der Waals surface area (Å²) in [6.45, 7) is 0.914. The van der Waals surface area contributed by atoms with Crippen LogP contribution in [0.25, 0.3) is 0 Å². The summed E-state index contributed by atoms with van der Waals surface area (Å²) in [4.78, 5) is 12.0. The molecule has 0 fully saturated rings. The minimum Gasteiger partial charge on any atom is -0.454 e. The maximum absolute atomic E-state index is 12.0. The van der Waals surface area contributed by atoms with Gasteiger partial charge in [-0.15, -0.1) is 0 Å². The normalized spacial score (nSPS) is 12.4. The van der Waals surface area contributed by atoms with Gasteiger partial charge in [0.1, 0.15) is 0 Å². The number of hydrogen-bond donors (Lipinski definition) is 3. The molecule has 1 amide bonds. The van der Waals surface area contributed by atoms with Gasteiger partial charge >= 0.3 is 0 Å². The fourth-order valence-electron chi connectivity index (χ4n) is 1.75. The maximum atomic E-state index is 12.0. The molecule has 20 heavy (non-hydrogen) atoms. The summed E-state index contributed by atoms with van der Waals surface area (Å²) in [5.41, 5.74) is 6.61. The van der Waals surface area contributed by atoms with E-state index in [2.05, 4.69) is 5.32 Å². The second-order valence-corrected chi connectivity index (χ2v) is 5.46. The Kier molecular flexibility index (Phi) is 5.37. The number of anilines is 1. The third-order valence-electron chi connectivity index (χ3n) is 2.77. The van der Waals surface area contributed by atoms with Crippen LogP contribution in [0.3, 0.4) is 0 Å². The quantitative estimate of drug-likeness (QED) is 0.510. The number of carbonyl (C=O) groups excluding carboxylic acids is 1. The van der Waals surface area contributed by atoms with Gasteiger partial charge in [-0.1, -0.05) is 0 Å². The Bertz CT molecular complexity index is 482. The maximum Gasteiger partial charge on any atom is 0.253 e. The molecule has 0 radical (unpaired) electrons. The van der Waals surface area contributed by atoms with Gasteiger partial charge in [-0.2, -0.15) is 11.8 Å². The Morgan fingerprint density at radius 1 is 1.35 bits per heavy atom. The van der Waals surface area contributed by atoms with Crippen molar-refractivity contribution in [3.63, 3.8) is 0 Å². The van der Waals surface area contributed by atoms with Crippen molar-refractivity contribution in [2.45, 2.75) is 6.42 Å². The topological polar surface area (TPSA) is 93.8 Å². The molecule has 1 heterocycles. The third-order valence-corrected chi connectivity index (χ3v) is 3.84. The zero-order valence-corrected chi connectivity index (χ0v) is 11.9. The van der Waals surface area contributed by atoms with E-state index in [9.17, 15) is 4.79 Å². The van der Waals surface area contributed by atoms with Gasteiger partial charge in [0.15, 0.2) is 11.5 Å². The van der Waals surface area contributed by atoms with Crippen LogP contribution in [-0.4, -0.2) is 42.5 Å². The van der Waals surface area contributed by atoms with Gasteiger partial charge in [-0.05, 0) is 18.2 Å². The molecular weight excluding hydrogens is 280 g/mol. The lowest BCUT2D eigenvalue weighted by atomic mass is 10.1. The fraction of sp³-hybridized carbons (Fsp3) is 0.462. The van der Waals surface area contributed by atoms with E-state index in [1.165, 1.54) is 0 Å². The molecule has 0 spiro atoms. The molecule has 0 bridgehead atoms. The van der Waals surface area contributed by atoms with Crippen molar-refractivity contribution in [1.82, 2.24) is 5.32 Å². The molecule has 0 saturated heterocycles. The lowest BCUT2D eigenvalue weighted by molar-refractivity contribution is 0.0956. The summed E-state index contributed by atoms with van der Waals surface area (Å²) < 4.78 is 10.4. The number of nitrogens with two attached hydrogens (primary N) is 1. The van der Waals surface area contributed by atoms with E-state index < -0.39 is 0 Å². The highest BCUT2D eigenvalue weighted by Gasteiger charge is 2.19. The van der Waals surface area contributed by atoms with Crippen molar-refractivity contribution >= 4 is 23.4 Å². The summed E-state index contributed by atoms with van der Waals surface area (Å²) in [6, 6.07) is 3.21. The summed E-state index contributed by atoms with van der Waals surface area (Å²) in [6.07, 6.45) is 0.772. The highest BCUT2D eigenvalue weighted by Crippen LogP contribution is 2.35. The molecule has 1 aliphatic heterocycles. The van der Waals surface area contributed by atoms with E-state index in [1.54, 1.807) is 23.9 Å². The number of nitrogens with one attached hydrogen (secondary N) is 1. The molecule has 6 nitrogen and oxygen atoms in total. The van der Waals surface area contributed by atoms with Crippen molar-refractivity contribution in [1.29, 1.82) is 0 Å². The van der Waals surface area contributed by atoms with Crippen LogP contribution in [-0.2, 0) is 0 Å². The molecule has 1 aromatic carbocycles. The molecule has 1 aliphatic rings. The number of rotatable bonds is 7. The van der Waals surface area contributed by atoms with Gasteiger partial charge < -0.3 is 25.6 Å². The van der Waals surface area contributed by atoms with Crippen molar-refractivity contribution in [3.8, 4) is 11.5 Å². The zero-order chi connectivity index (χ0) is 14.4. The number of aliphatic hydroxyl groups is 1. The van der Waals surface area contributed by atoms with E-state index in [0.717, 1.165) is 17.9 Å². The van der Waals surface area contributed by atoms with Crippen LogP contribution >= 0.6 is 11.8 Å². The molecule has 0 atom stereocenters. The van der Waals surface area contributed by atoms with Gasteiger partial charge in [0.25, 0.3) is 5.91 Å². The van der Waals surface area contributed by atoms with Crippen molar-refractivity contribution in [2.75, 3.05) is 37.2 Å². The minimum atomic E-state index is -0.219. The second kappa shape index (κ2) is 7.25. The summed E-state index contributed by atoms with van der Waals surface area (Å²) in [5.74, 6) is 2.58. The van der Waals surface area contributed by atoms with E-state index in [-0.39, 0.29) is 19.3 Å². The Morgan fingerprint density at radius 3 is 2.85 bits per heavy atom. The number of aliphatic hydroxyl groups excluding tert-OH is 1. The summed E-state index contributed by atoms with van der Waals surface area (Å²) in [5, 5.41) is 11.5. The molecule has 7 heteroatoms. The van der Waals surface area contributed by atoms with Crippen molar-refractivity contribution < 1.29 is 19.4 Å². The Labute approximate surface area is 121 Å². The van der Waals surface area contributed by atoms with Crippen LogP contribution in [0.15, 0.2) is 12.1 Å². The van der Waals surface area contributed by atoms with E-state index in [0.29, 0.717) is 29.3 Å². The van der Waals surface area contributed by atoms with Crippen LogP contribution in [0.2, 0.25) is 0 Å². The largest absolute Gasteiger partial charge is 0.454 e. The predicted octanol–water partition coefficient (Wildman–Crippen LogP) is 0.843. The molecule has 0 unspecified atom stereocenters. The Morgan fingerprint density at radius 2 is 2.10 bits per heavy atom. The van der Waals surface area contributed by atoms with Gasteiger partial charge in [0, 0.05) is 30.7 Å². The highest BCUT2D eigenvalue weighted by atomic mass is 32.2. The number of fused-ring (bicyclic) bond motifs is 1. The van der Waals surface area contributed by atoms with E-state index >= 15 is 0 Å². The second-order valence-electron chi connectivity index (χ2n) is 4.24. The first-order valence-electron chi connectivity index (χ1n) is 6.38. The van der Waals surface area contributed by atoms with E-state index in [1.807, 2.05) is 0 Å². The SMILES string of the molecule is Nc1cc2c(cc1C(=O)NCCSCCCO)OCO2. The Hall–Kier alpha value is -1.60. The lowest BCUT2D eigenvalue weighted by Gasteiger charge is -2.08. The first kappa shape index (κ1) is 14.8. The number of thioether (sulfide) groups is 1. The fourth-order valence-corrected chi connectivity index (χ4v) is 2.54. The molecule has 0 saturated carbocycles. The highest BCUT2D eigenvalue weighted by molar-refractivity contribution is 7.99. The van der Waals surface area contributed by atoms with Crippen molar-refractivity contribution in [2.24, 2.45) is 0 Å². The Balaban J connectivity index is 1.83. The van der Waals surface area contributed by atoms with Crippen LogP contribution in [0, 0.1) is 0 Å². The molecular formula is C13H18N2O4S. The number of ether oxygens (including phenoxy) is 2. The number of amides is 1. The molecule has 4 N–H and O–H groups in total. The number of carbonyl (C=O) groups is 1. The third kappa shape index (κ3) is 3.71. The first-order chi connectivity index (χ1) is 9.72. The molecule has 110 valence electrons. The molecule has 2 rings (SSSR count). The van der Waals surface area contributed by atoms with Crippen molar-refractivity contribution in [3.05, 3.63) is 17.7 Å². The lowest BCUT2D eigenvalue weighted by Crippen LogP contribution is -2.26. The van der Waals surface area contributed by atoms with Crippen LogP contribution in [0.1, 0.15) is 16.8 Å². The molecule has 0 aliphatic carbocycles. The molecule has 1 aromatic rings. The number of benzene rings is 1. The van der Waals surface area contributed by atoms with Gasteiger partial charge in [-0.25, -0.2) is 0 Å². The van der Waals surface area contributed by atoms with Crippen LogP contribution < -0.4 is 20.5 Å². The van der Waals surface area contributed by atoms with Gasteiger partial charge in [-0.3, -0.25) is 4.79 Å². The predicted molar refractivity (Wildman–Crippen MR) is 78.3 cm³/mol. The summed E-state index contributed by atoms with van der Waals surface area (Å²) >= 11 is 1.69. The standard InChI is InChI=1S/C13H18N2O4S/c14-10-7-12-11(18-8-19-12)6-9(10)13(17)15-2-5-20-4-1-3-16/h6-7,16H,1-5,8,14H2,(H,15,17). The smallest absolute Gasteiger partial charge is 0.253 e. The summed E-state index contributed by atoms with van der Waals surface area (Å²) in [7, 11) is 0. The van der Waals surface area contributed by atoms with E-state index in [4.69, 9.17) is 20.3 Å². The van der Waals surface area contributed by atoms with Gasteiger partial charge in [0.05, 0.1) is 5.56 Å². The van der Waals surface area contributed by atoms with Crippen LogP contribution in [0.5, 0.6) is 11.5 Å². The number of hydrogen-bond acceptors (Lipinski definition) is 6. The van der Waals surface area contributed by atoms with Crippen LogP contribution in [0.4, 0.5) is 5.69 Å². The minimum absolute atomic E-state index is 0.154. The van der Waals surface area contributed by atoms with Gasteiger partial charge in [0.2, 0.25) is 6.79 Å².